The molecule has 0 aliphatic rings. The standard InChI is InChI=1S/C16H22N4/c1-10(2)17-15-9-16(19-13(5)18-15)20-14-8-11(3)6-7-12(14)4/h6-10H,1-5H3,(H2,17,18,19,20). The molecule has 0 radical (unpaired) electrons. The van der Waals surface area contributed by atoms with E-state index in [1.54, 1.807) is 0 Å². The molecule has 1 heterocycles. The molecule has 2 N–H and O–H groups in total. The van der Waals surface area contributed by atoms with Gasteiger partial charge < -0.3 is 10.6 Å². The highest BCUT2D eigenvalue weighted by Crippen LogP contribution is 2.22. The zero-order chi connectivity index (χ0) is 14.7. The molecular formula is C16H22N4. The summed E-state index contributed by atoms with van der Waals surface area (Å²) in [5.74, 6) is 2.41. The van der Waals surface area contributed by atoms with Gasteiger partial charge in [-0.05, 0) is 51.8 Å². The van der Waals surface area contributed by atoms with Crippen molar-refractivity contribution in [2.24, 2.45) is 0 Å². The first-order chi connectivity index (χ1) is 9.44. The highest BCUT2D eigenvalue weighted by atomic mass is 15.1. The van der Waals surface area contributed by atoms with Gasteiger partial charge in [0.25, 0.3) is 0 Å². The number of hydrogen-bond acceptors (Lipinski definition) is 4. The Morgan fingerprint density at radius 2 is 1.65 bits per heavy atom. The molecule has 0 bridgehead atoms. The molecule has 1 aromatic heterocycles. The average molecular weight is 270 g/mol. The molecule has 0 spiro atoms. The lowest BCUT2D eigenvalue weighted by molar-refractivity contribution is 0.881. The third-order valence-corrected chi connectivity index (χ3v) is 2.93. The Hall–Kier alpha value is -2.10. The van der Waals surface area contributed by atoms with E-state index in [4.69, 9.17) is 0 Å². The van der Waals surface area contributed by atoms with Crippen LogP contribution in [0, 0.1) is 20.8 Å². The maximum absolute atomic E-state index is 4.44. The summed E-state index contributed by atoms with van der Waals surface area (Å²) >= 11 is 0. The number of nitrogens with one attached hydrogen (secondary N) is 2. The van der Waals surface area contributed by atoms with Crippen molar-refractivity contribution >= 4 is 17.3 Å². The zero-order valence-corrected chi connectivity index (χ0v) is 12.8. The highest BCUT2D eigenvalue weighted by molar-refractivity contribution is 5.63. The van der Waals surface area contributed by atoms with Gasteiger partial charge in [-0.1, -0.05) is 12.1 Å². The number of aryl methyl sites for hydroxylation is 3. The van der Waals surface area contributed by atoms with Crippen LogP contribution < -0.4 is 10.6 Å². The van der Waals surface area contributed by atoms with Gasteiger partial charge in [-0.25, -0.2) is 9.97 Å². The molecule has 0 unspecified atom stereocenters. The van der Waals surface area contributed by atoms with Crippen LogP contribution in [0.25, 0.3) is 0 Å². The summed E-state index contributed by atoms with van der Waals surface area (Å²) in [5.41, 5.74) is 3.51. The van der Waals surface area contributed by atoms with Gasteiger partial charge >= 0.3 is 0 Å². The van der Waals surface area contributed by atoms with Crippen LogP contribution in [0.15, 0.2) is 24.3 Å². The van der Waals surface area contributed by atoms with Crippen molar-refractivity contribution in [3.05, 3.63) is 41.2 Å². The molecule has 2 aromatic rings. The van der Waals surface area contributed by atoms with Crippen LogP contribution >= 0.6 is 0 Å². The summed E-state index contributed by atoms with van der Waals surface area (Å²) in [5, 5.41) is 6.68. The Bertz CT molecular complexity index is 605. The lowest BCUT2D eigenvalue weighted by Crippen LogP contribution is -2.12. The fraction of sp³-hybridized carbons (Fsp3) is 0.375. The second-order valence-corrected chi connectivity index (χ2v) is 5.43. The maximum Gasteiger partial charge on any atom is 0.136 e. The van der Waals surface area contributed by atoms with E-state index in [0.29, 0.717) is 6.04 Å². The first kappa shape index (κ1) is 14.3. The average Bonchev–Trinajstić information content (AvgIpc) is 2.32. The van der Waals surface area contributed by atoms with Crippen LogP contribution in [0.3, 0.4) is 0 Å². The second-order valence-electron chi connectivity index (χ2n) is 5.43. The molecule has 1 aromatic carbocycles. The van der Waals surface area contributed by atoms with Crippen LogP contribution in [0.5, 0.6) is 0 Å². The van der Waals surface area contributed by atoms with E-state index >= 15 is 0 Å². The van der Waals surface area contributed by atoms with E-state index in [9.17, 15) is 0 Å². The summed E-state index contributed by atoms with van der Waals surface area (Å²) < 4.78 is 0. The van der Waals surface area contributed by atoms with Crippen molar-refractivity contribution in [2.45, 2.75) is 40.7 Å². The number of benzene rings is 1. The smallest absolute Gasteiger partial charge is 0.136 e. The highest BCUT2D eigenvalue weighted by Gasteiger charge is 2.05. The van der Waals surface area contributed by atoms with Crippen molar-refractivity contribution in [3.63, 3.8) is 0 Å². The van der Waals surface area contributed by atoms with Crippen molar-refractivity contribution in [1.29, 1.82) is 0 Å². The minimum Gasteiger partial charge on any atom is -0.368 e. The lowest BCUT2D eigenvalue weighted by Gasteiger charge is -2.13. The summed E-state index contributed by atoms with van der Waals surface area (Å²) in [6, 6.07) is 8.63. The molecular weight excluding hydrogens is 248 g/mol. The molecule has 0 saturated heterocycles. The Morgan fingerprint density at radius 1 is 0.950 bits per heavy atom. The van der Waals surface area contributed by atoms with Gasteiger partial charge in [0, 0.05) is 17.8 Å². The van der Waals surface area contributed by atoms with E-state index < -0.39 is 0 Å². The first-order valence-electron chi connectivity index (χ1n) is 6.90. The Morgan fingerprint density at radius 3 is 2.35 bits per heavy atom. The largest absolute Gasteiger partial charge is 0.368 e. The number of aromatic nitrogens is 2. The van der Waals surface area contributed by atoms with Crippen molar-refractivity contribution in [2.75, 3.05) is 10.6 Å². The van der Waals surface area contributed by atoms with Gasteiger partial charge in [0.1, 0.15) is 17.5 Å². The van der Waals surface area contributed by atoms with E-state index in [-0.39, 0.29) is 0 Å². The Balaban J connectivity index is 2.28. The molecule has 2 rings (SSSR count). The number of hydrogen-bond donors (Lipinski definition) is 2. The lowest BCUT2D eigenvalue weighted by atomic mass is 10.1. The van der Waals surface area contributed by atoms with E-state index in [0.717, 1.165) is 23.1 Å². The van der Waals surface area contributed by atoms with Crippen molar-refractivity contribution < 1.29 is 0 Å². The van der Waals surface area contributed by atoms with Crippen LogP contribution in [0.4, 0.5) is 17.3 Å². The molecule has 4 nitrogen and oxygen atoms in total. The van der Waals surface area contributed by atoms with Crippen LogP contribution in [0.1, 0.15) is 30.8 Å². The fourth-order valence-electron chi connectivity index (χ4n) is 2.01. The Labute approximate surface area is 120 Å². The molecule has 0 aliphatic heterocycles. The number of anilines is 3. The van der Waals surface area contributed by atoms with Gasteiger partial charge in [-0.3, -0.25) is 0 Å². The minimum absolute atomic E-state index is 0.345. The molecule has 4 heteroatoms. The molecule has 20 heavy (non-hydrogen) atoms. The molecule has 0 amide bonds. The van der Waals surface area contributed by atoms with Gasteiger partial charge in [0.15, 0.2) is 0 Å². The zero-order valence-electron chi connectivity index (χ0n) is 12.8. The number of nitrogens with zero attached hydrogens (tertiary/aromatic N) is 2. The number of rotatable bonds is 4. The van der Waals surface area contributed by atoms with Crippen molar-refractivity contribution in [3.8, 4) is 0 Å². The van der Waals surface area contributed by atoms with E-state index in [1.807, 2.05) is 13.0 Å². The molecule has 106 valence electrons. The quantitative estimate of drug-likeness (QED) is 0.882. The van der Waals surface area contributed by atoms with Gasteiger partial charge in [-0.15, -0.1) is 0 Å². The molecule has 0 saturated carbocycles. The predicted molar refractivity (Wildman–Crippen MR) is 84.7 cm³/mol. The van der Waals surface area contributed by atoms with Gasteiger partial charge in [0.2, 0.25) is 0 Å². The summed E-state index contributed by atoms with van der Waals surface area (Å²) in [7, 11) is 0. The molecule has 0 aliphatic carbocycles. The second kappa shape index (κ2) is 5.90. The topological polar surface area (TPSA) is 49.8 Å². The van der Waals surface area contributed by atoms with Crippen LogP contribution in [-0.4, -0.2) is 16.0 Å². The van der Waals surface area contributed by atoms with E-state index in [2.05, 4.69) is 66.5 Å². The third-order valence-electron chi connectivity index (χ3n) is 2.93. The fourth-order valence-corrected chi connectivity index (χ4v) is 2.01. The van der Waals surface area contributed by atoms with Crippen molar-refractivity contribution in [1.82, 2.24) is 9.97 Å². The summed E-state index contributed by atoms with van der Waals surface area (Å²) in [4.78, 5) is 8.84. The third kappa shape index (κ3) is 3.70. The Kier molecular flexibility index (Phi) is 4.23. The molecule has 0 fully saturated rings. The SMILES string of the molecule is Cc1ccc(C)c(Nc2cc(NC(C)C)nc(C)n2)c1. The minimum atomic E-state index is 0.345. The monoisotopic (exact) mass is 270 g/mol. The summed E-state index contributed by atoms with van der Waals surface area (Å²) in [6.07, 6.45) is 0. The first-order valence-corrected chi connectivity index (χ1v) is 6.90. The van der Waals surface area contributed by atoms with Crippen LogP contribution in [-0.2, 0) is 0 Å². The normalized spacial score (nSPS) is 10.7. The van der Waals surface area contributed by atoms with Crippen LogP contribution in [0.2, 0.25) is 0 Å². The predicted octanol–water partition coefficient (Wildman–Crippen LogP) is 3.97. The maximum atomic E-state index is 4.44. The van der Waals surface area contributed by atoms with E-state index in [1.165, 1.54) is 11.1 Å². The summed E-state index contributed by atoms with van der Waals surface area (Å²) in [6.45, 7) is 10.3. The van der Waals surface area contributed by atoms with Gasteiger partial charge in [0.05, 0.1) is 0 Å². The molecule has 0 atom stereocenters. The van der Waals surface area contributed by atoms with Gasteiger partial charge in [-0.2, -0.15) is 0 Å².